The van der Waals surface area contributed by atoms with Gasteiger partial charge < -0.3 is 19.9 Å². The van der Waals surface area contributed by atoms with Crippen LogP contribution < -0.4 is 10.0 Å². The first kappa shape index (κ1) is 23.7. The molecule has 172 valence electrons. The van der Waals surface area contributed by atoms with E-state index in [4.69, 9.17) is 4.74 Å². The molecule has 0 radical (unpaired) electrons. The van der Waals surface area contributed by atoms with Gasteiger partial charge in [0.25, 0.3) is 5.91 Å². The van der Waals surface area contributed by atoms with E-state index in [0.717, 1.165) is 11.3 Å². The zero-order valence-electron chi connectivity index (χ0n) is 18.2. The number of carbonyl (C=O) groups excluding carboxylic acids is 2. The number of hydrogen-bond donors (Lipinski definition) is 2. The van der Waals surface area contributed by atoms with Crippen molar-refractivity contribution in [2.45, 2.75) is 11.8 Å². The molecule has 0 aromatic heterocycles. The van der Waals surface area contributed by atoms with Crippen LogP contribution in [0.3, 0.4) is 0 Å². The number of nitrogens with zero attached hydrogens (tertiary/aromatic N) is 2. The minimum Gasteiger partial charge on any atom is -0.383 e. The molecule has 0 spiro atoms. The number of nitrogens with one attached hydrogen (secondary N) is 2. The van der Waals surface area contributed by atoms with E-state index in [2.05, 4.69) is 10.0 Å². The molecule has 1 saturated heterocycles. The van der Waals surface area contributed by atoms with Crippen molar-refractivity contribution in [3.05, 3.63) is 59.7 Å². The lowest BCUT2D eigenvalue weighted by molar-refractivity contribution is 0.0671. The molecule has 9 nitrogen and oxygen atoms in total. The summed E-state index contributed by atoms with van der Waals surface area (Å²) in [5.41, 5.74) is 2.20. The van der Waals surface area contributed by atoms with E-state index >= 15 is 0 Å². The normalized spacial score (nSPS) is 14.3. The summed E-state index contributed by atoms with van der Waals surface area (Å²) in [6.07, 6.45) is 0. The van der Waals surface area contributed by atoms with Crippen LogP contribution >= 0.6 is 0 Å². The molecular formula is C22H28N4O5S. The molecule has 1 fully saturated rings. The van der Waals surface area contributed by atoms with Crippen LogP contribution in [0.15, 0.2) is 53.4 Å². The van der Waals surface area contributed by atoms with Crippen LogP contribution in [0.4, 0.5) is 10.5 Å². The summed E-state index contributed by atoms with van der Waals surface area (Å²) in [7, 11) is -2.16. The fraction of sp³-hybridized carbons (Fsp3) is 0.364. The van der Waals surface area contributed by atoms with Crippen LogP contribution in [-0.2, 0) is 14.8 Å². The lowest BCUT2D eigenvalue weighted by Gasteiger charge is -2.34. The van der Waals surface area contributed by atoms with Crippen LogP contribution in [0.1, 0.15) is 15.9 Å². The monoisotopic (exact) mass is 460 g/mol. The van der Waals surface area contributed by atoms with Gasteiger partial charge in [0.2, 0.25) is 10.0 Å². The summed E-state index contributed by atoms with van der Waals surface area (Å²) < 4.78 is 31.7. The highest BCUT2D eigenvalue weighted by Gasteiger charge is 2.25. The quantitative estimate of drug-likeness (QED) is 0.614. The van der Waals surface area contributed by atoms with Crippen LogP contribution in [0.25, 0.3) is 0 Å². The summed E-state index contributed by atoms with van der Waals surface area (Å²) in [6.45, 7) is 4.03. The Kier molecular flexibility index (Phi) is 7.84. The molecule has 32 heavy (non-hydrogen) atoms. The van der Waals surface area contributed by atoms with Gasteiger partial charge in [0.1, 0.15) is 0 Å². The lowest BCUT2D eigenvalue weighted by Crippen LogP contribution is -2.51. The van der Waals surface area contributed by atoms with Crippen LogP contribution in [0.5, 0.6) is 0 Å². The molecule has 0 atom stereocenters. The predicted octanol–water partition coefficient (Wildman–Crippen LogP) is 1.91. The number of benzene rings is 2. The average molecular weight is 461 g/mol. The third kappa shape index (κ3) is 6.06. The number of sulfonamides is 1. The molecule has 3 rings (SSSR count). The number of anilines is 1. The fourth-order valence-corrected chi connectivity index (χ4v) is 4.37. The Bertz CT molecular complexity index is 1050. The number of piperazine rings is 1. The number of carbonyl (C=O) groups is 2. The van der Waals surface area contributed by atoms with Gasteiger partial charge in [-0.25, -0.2) is 17.9 Å². The van der Waals surface area contributed by atoms with E-state index in [9.17, 15) is 18.0 Å². The summed E-state index contributed by atoms with van der Waals surface area (Å²) in [5, 5.41) is 2.88. The van der Waals surface area contributed by atoms with E-state index in [1.807, 2.05) is 31.2 Å². The minimum atomic E-state index is -3.65. The van der Waals surface area contributed by atoms with Crippen molar-refractivity contribution in [2.75, 3.05) is 51.8 Å². The number of ether oxygens (including phenoxy) is 1. The number of hydrogen-bond acceptors (Lipinski definition) is 5. The van der Waals surface area contributed by atoms with E-state index < -0.39 is 10.0 Å². The smallest absolute Gasteiger partial charge is 0.321 e. The van der Waals surface area contributed by atoms with Crippen molar-refractivity contribution < 1.29 is 22.7 Å². The zero-order chi connectivity index (χ0) is 23.1. The molecule has 0 aliphatic carbocycles. The molecule has 3 amide bonds. The topological polar surface area (TPSA) is 108 Å². The van der Waals surface area contributed by atoms with Crippen molar-refractivity contribution in [3.8, 4) is 0 Å². The second kappa shape index (κ2) is 10.6. The highest BCUT2D eigenvalue weighted by Crippen LogP contribution is 2.15. The largest absolute Gasteiger partial charge is 0.383 e. The van der Waals surface area contributed by atoms with Crippen molar-refractivity contribution in [1.82, 2.24) is 14.5 Å². The first-order chi connectivity index (χ1) is 15.3. The van der Waals surface area contributed by atoms with Crippen molar-refractivity contribution in [1.29, 1.82) is 0 Å². The SMILES string of the molecule is COCCNS(=O)(=O)c1ccc(C(=O)N2CCN(C(=O)Nc3cccc(C)c3)CC2)cc1. The first-order valence-electron chi connectivity index (χ1n) is 10.3. The van der Waals surface area contributed by atoms with Gasteiger partial charge in [-0.15, -0.1) is 0 Å². The van der Waals surface area contributed by atoms with Gasteiger partial charge in [-0.1, -0.05) is 12.1 Å². The molecule has 0 unspecified atom stereocenters. The number of methoxy groups -OCH3 is 1. The third-order valence-corrected chi connectivity index (χ3v) is 6.61. The van der Waals surface area contributed by atoms with Gasteiger partial charge in [-0.3, -0.25) is 4.79 Å². The Morgan fingerprint density at radius 3 is 2.28 bits per heavy atom. The zero-order valence-corrected chi connectivity index (χ0v) is 19.0. The standard InChI is InChI=1S/C22H28N4O5S/c1-17-4-3-5-19(16-17)24-22(28)26-13-11-25(12-14-26)21(27)18-6-8-20(9-7-18)32(29,30)23-10-15-31-2/h3-9,16,23H,10-15H2,1-2H3,(H,24,28). The Hall–Kier alpha value is -2.95. The van der Waals surface area contributed by atoms with E-state index in [0.29, 0.717) is 31.7 Å². The molecule has 2 aromatic carbocycles. The van der Waals surface area contributed by atoms with Gasteiger partial charge >= 0.3 is 6.03 Å². The number of aryl methyl sites for hydroxylation is 1. The maximum atomic E-state index is 12.8. The Labute approximate surface area is 188 Å². The Morgan fingerprint density at radius 2 is 1.66 bits per heavy atom. The second-order valence-electron chi connectivity index (χ2n) is 7.49. The third-order valence-electron chi connectivity index (χ3n) is 5.13. The fourth-order valence-electron chi connectivity index (χ4n) is 3.36. The molecule has 2 aromatic rings. The minimum absolute atomic E-state index is 0.0859. The molecule has 0 bridgehead atoms. The van der Waals surface area contributed by atoms with Gasteiger partial charge in [0, 0.05) is 51.1 Å². The number of rotatable bonds is 7. The van der Waals surface area contributed by atoms with Gasteiger partial charge in [-0.2, -0.15) is 0 Å². The van der Waals surface area contributed by atoms with Crippen LogP contribution in [-0.4, -0.2) is 76.6 Å². The van der Waals surface area contributed by atoms with Crippen molar-refractivity contribution >= 4 is 27.6 Å². The molecule has 10 heteroatoms. The molecule has 1 aliphatic rings. The van der Waals surface area contributed by atoms with Crippen LogP contribution in [0.2, 0.25) is 0 Å². The molecule has 2 N–H and O–H groups in total. The molecule has 0 saturated carbocycles. The second-order valence-corrected chi connectivity index (χ2v) is 9.26. The molecule has 1 aliphatic heterocycles. The van der Waals surface area contributed by atoms with E-state index in [1.54, 1.807) is 9.80 Å². The van der Waals surface area contributed by atoms with Crippen molar-refractivity contribution in [3.63, 3.8) is 0 Å². The summed E-state index contributed by atoms with van der Waals surface area (Å²) in [5.74, 6) is -0.194. The van der Waals surface area contributed by atoms with Crippen molar-refractivity contribution in [2.24, 2.45) is 0 Å². The first-order valence-corrected chi connectivity index (χ1v) is 11.8. The van der Waals surface area contributed by atoms with Gasteiger partial charge in [0.05, 0.1) is 11.5 Å². The van der Waals surface area contributed by atoms with Gasteiger partial charge in [0.15, 0.2) is 0 Å². The number of amides is 3. The molecule has 1 heterocycles. The Morgan fingerprint density at radius 1 is 1.00 bits per heavy atom. The maximum Gasteiger partial charge on any atom is 0.321 e. The van der Waals surface area contributed by atoms with E-state index in [-0.39, 0.29) is 30.0 Å². The highest BCUT2D eigenvalue weighted by molar-refractivity contribution is 7.89. The van der Waals surface area contributed by atoms with E-state index in [1.165, 1.54) is 31.4 Å². The molecular weight excluding hydrogens is 432 g/mol. The number of urea groups is 1. The van der Waals surface area contributed by atoms with Crippen LogP contribution in [0, 0.1) is 6.92 Å². The maximum absolute atomic E-state index is 12.8. The predicted molar refractivity (Wildman–Crippen MR) is 121 cm³/mol. The van der Waals surface area contributed by atoms with Gasteiger partial charge in [-0.05, 0) is 48.9 Å². The summed E-state index contributed by atoms with van der Waals surface area (Å²) in [4.78, 5) is 28.7. The highest BCUT2D eigenvalue weighted by atomic mass is 32.2. The summed E-state index contributed by atoms with van der Waals surface area (Å²) >= 11 is 0. The summed E-state index contributed by atoms with van der Waals surface area (Å²) in [6, 6.07) is 13.2. The lowest BCUT2D eigenvalue weighted by atomic mass is 10.2. The Balaban J connectivity index is 1.54. The average Bonchev–Trinajstić information content (AvgIpc) is 2.79.